The molecule has 210 valence electrons. The van der Waals surface area contributed by atoms with Crippen LogP contribution in [0.2, 0.25) is 0 Å². The molecule has 10 nitrogen and oxygen atoms in total. The first-order valence-electron chi connectivity index (χ1n) is 13.6. The maximum Gasteiger partial charge on any atom is 0.253 e. The van der Waals surface area contributed by atoms with Gasteiger partial charge >= 0.3 is 0 Å². The molecule has 1 saturated heterocycles. The molecular weight excluding hydrogens is 516 g/mol. The normalized spacial score (nSPS) is 13.6. The fraction of sp³-hybridized carbons (Fsp3) is 0.258. The summed E-state index contributed by atoms with van der Waals surface area (Å²) in [4.78, 5) is 42.9. The third-order valence-corrected chi connectivity index (χ3v) is 7.27. The van der Waals surface area contributed by atoms with E-state index < -0.39 is 5.91 Å². The number of pyridine rings is 3. The van der Waals surface area contributed by atoms with Gasteiger partial charge in [-0.3, -0.25) is 9.59 Å². The van der Waals surface area contributed by atoms with Gasteiger partial charge in [0.15, 0.2) is 0 Å². The molecule has 0 radical (unpaired) electrons. The highest BCUT2D eigenvalue weighted by molar-refractivity contribution is 6.05. The largest absolute Gasteiger partial charge is 0.354 e. The smallest absolute Gasteiger partial charge is 0.253 e. The van der Waals surface area contributed by atoms with Crippen LogP contribution in [0.15, 0.2) is 65.6 Å². The molecule has 0 saturated carbocycles. The van der Waals surface area contributed by atoms with E-state index in [1.807, 2.05) is 62.4 Å². The van der Waals surface area contributed by atoms with Crippen molar-refractivity contribution in [2.75, 3.05) is 43.4 Å². The minimum Gasteiger partial charge on any atom is -0.354 e. The molecule has 5 rings (SSSR count). The van der Waals surface area contributed by atoms with Crippen LogP contribution in [0.1, 0.15) is 32.7 Å². The van der Waals surface area contributed by atoms with Gasteiger partial charge in [0.1, 0.15) is 11.6 Å². The summed E-state index contributed by atoms with van der Waals surface area (Å²) in [6.07, 6.45) is 2.89. The predicted molar refractivity (Wildman–Crippen MR) is 162 cm³/mol. The number of para-hydroxylation sites is 1. The Morgan fingerprint density at radius 3 is 2.49 bits per heavy atom. The molecule has 0 spiro atoms. The number of carbonyl (C=O) groups excluding carboxylic acids is 1. The van der Waals surface area contributed by atoms with Crippen molar-refractivity contribution in [1.29, 1.82) is 5.41 Å². The number of hydrogen-bond acceptors (Lipinski definition) is 8. The SMILES string of the molecule is Cc1cc(C)c(CNC(=O)c2cc(-c3ccc(N4CCN(C)CC4)nc3)nc(Nc3ccccc3)c2C=N)c(=O)[nH]1. The number of aryl methyl sites for hydroxylation is 2. The van der Waals surface area contributed by atoms with Crippen LogP contribution >= 0.6 is 0 Å². The highest BCUT2D eigenvalue weighted by atomic mass is 16.1. The lowest BCUT2D eigenvalue weighted by atomic mass is 10.0. The van der Waals surface area contributed by atoms with E-state index in [1.54, 1.807) is 12.3 Å². The van der Waals surface area contributed by atoms with Gasteiger partial charge in [-0.15, -0.1) is 0 Å². The molecule has 4 N–H and O–H groups in total. The van der Waals surface area contributed by atoms with Crippen LogP contribution in [0.3, 0.4) is 0 Å². The Kier molecular flexibility index (Phi) is 8.21. The van der Waals surface area contributed by atoms with Gasteiger partial charge < -0.3 is 30.8 Å². The number of piperazine rings is 1. The summed E-state index contributed by atoms with van der Waals surface area (Å²) in [6, 6.07) is 17.0. The summed E-state index contributed by atoms with van der Waals surface area (Å²) < 4.78 is 0. The van der Waals surface area contributed by atoms with Gasteiger partial charge in [0.05, 0.1) is 11.3 Å². The van der Waals surface area contributed by atoms with Crippen LogP contribution < -0.4 is 21.1 Å². The van der Waals surface area contributed by atoms with Gasteiger partial charge in [-0.2, -0.15) is 0 Å². The van der Waals surface area contributed by atoms with Crippen molar-refractivity contribution in [3.05, 3.63) is 99.1 Å². The van der Waals surface area contributed by atoms with E-state index in [0.717, 1.165) is 60.7 Å². The third-order valence-electron chi connectivity index (χ3n) is 7.27. The Morgan fingerprint density at radius 2 is 1.83 bits per heavy atom. The summed E-state index contributed by atoms with van der Waals surface area (Å²) in [5, 5.41) is 14.3. The van der Waals surface area contributed by atoms with Crippen molar-refractivity contribution >= 4 is 29.4 Å². The highest BCUT2D eigenvalue weighted by Crippen LogP contribution is 2.28. The number of likely N-dealkylation sites (N-methyl/N-ethyl adjacent to an activating group) is 1. The van der Waals surface area contributed by atoms with E-state index in [2.05, 4.69) is 32.5 Å². The number of H-pyrrole nitrogens is 1. The lowest BCUT2D eigenvalue weighted by Crippen LogP contribution is -2.44. The van der Waals surface area contributed by atoms with E-state index in [9.17, 15) is 9.59 Å². The van der Waals surface area contributed by atoms with Crippen LogP contribution in [-0.4, -0.2) is 65.2 Å². The molecule has 1 aliphatic heterocycles. The molecule has 0 unspecified atom stereocenters. The van der Waals surface area contributed by atoms with E-state index in [1.165, 1.54) is 0 Å². The predicted octanol–water partition coefficient (Wildman–Crippen LogP) is 3.87. The molecule has 0 atom stereocenters. The summed E-state index contributed by atoms with van der Waals surface area (Å²) in [7, 11) is 2.12. The molecule has 0 aliphatic carbocycles. The zero-order valence-corrected chi connectivity index (χ0v) is 23.5. The van der Waals surface area contributed by atoms with Gasteiger partial charge in [-0.05, 0) is 62.9 Å². The number of nitrogens with zero attached hydrogens (tertiary/aromatic N) is 4. The maximum absolute atomic E-state index is 13.6. The number of anilines is 3. The second kappa shape index (κ2) is 12.1. The van der Waals surface area contributed by atoms with Gasteiger partial charge in [-0.1, -0.05) is 18.2 Å². The van der Waals surface area contributed by atoms with Crippen molar-refractivity contribution in [2.24, 2.45) is 0 Å². The molecule has 1 aliphatic rings. The molecule has 41 heavy (non-hydrogen) atoms. The molecule has 1 amide bonds. The number of benzene rings is 1. The van der Waals surface area contributed by atoms with Gasteiger partial charge in [0.2, 0.25) is 0 Å². The Balaban J connectivity index is 1.49. The van der Waals surface area contributed by atoms with Gasteiger partial charge in [0.25, 0.3) is 11.5 Å². The van der Waals surface area contributed by atoms with Crippen molar-refractivity contribution in [1.82, 2.24) is 25.2 Å². The van der Waals surface area contributed by atoms with E-state index in [0.29, 0.717) is 22.6 Å². The zero-order chi connectivity index (χ0) is 28.9. The topological polar surface area (TPSA) is 130 Å². The Morgan fingerprint density at radius 1 is 1.07 bits per heavy atom. The van der Waals surface area contributed by atoms with Crippen molar-refractivity contribution in [3.8, 4) is 11.3 Å². The monoisotopic (exact) mass is 550 g/mol. The van der Waals surface area contributed by atoms with E-state index in [4.69, 9.17) is 15.4 Å². The fourth-order valence-corrected chi connectivity index (χ4v) is 4.92. The van der Waals surface area contributed by atoms with Crippen LogP contribution in [0.4, 0.5) is 17.3 Å². The Hall–Kier alpha value is -4.83. The number of aromatic nitrogens is 3. The standard InChI is InChI=1S/C31H34N8O2/c1-20-15-21(2)35-31(41)26(20)19-34-30(40)24-16-27(37-29(25(24)17-32)36-23-7-5-4-6-8-23)22-9-10-28(33-18-22)39-13-11-38(3)12-14-39/h4-10,15-18,32H,11-14,19H2,1-3H3,(H,34,40)(H,35,41)(H,36,37). The second-order valence-electron chi connectivity index (χ2n) is 10.3. The van der Waals surface area contributed by atoms with Gasteiger partial charge in [-0.25, -0.2) is 9.97 Å². The number of rotatable bonds is 8. The van der Waals surface area contributed by atoms with Crippen LogP contribution in [0.25, 0.3) is 11.3 Å². The first-order valence-corrected chi connectivity index (χ1v) is 13.6. The average Bonchev–Trinajstić information content (AvgIpc) is 2.97. The summed E-state index contributed by atoms with van der Waals surface area (Å²) >= 11 is 0. The lowest BCUT2D eigenvalue weighted by Gasteiger charge is -2.33. The van der Waals surface area contributed by atoms with Crippen LogP contribution in [-0.2, 0) is 6.54 Å². The molecule has 0 bridgehead atoms. The molecule has 1 fully saturated rings. The first-order chi connectivity index (χ1) is 19.8. The minimum atomic E-state index is -0.412. The molecule has 3 aromatic heterocycles. The Labute approximate surface area is 239 Å². The average molecular weight is 551 g/mol. The number of nitrogens with one attached hydrogen (secondary N) is 4. The molecule has 4 aromatic rings. The van der Waals surface area contributed by atoms with E-state index in [-0.39, 0.29) is 17.7 Å². The second-order valence-corrected chi connectivity index (χ2v) is 10.3. The van der Waals surface area contributed by atoms with Crippen molar-refractivity contribution in [3.63, 3.8) is 0 Å². The Bertz CT molecular complexity index is 1610. The highest BCUT2D eigenvalue weighted by Gasteiger charge is 2.20. The third kappa shape index (κ3) is 6.33. The van der Waals surface area contributed by atoms with E-state index >= 15 is 0 Å². The number of amides is 1. The van der Waals surface area contributed by atoms with Gasteiger partial charge in [0, 0.05) is 73.2 Å². The first kappa shape index (κ1) is 27.7. The minimum absolute atomic E-state index is 0.0537. The number of aromatic amines is 1. The lowest BCUT2D eigenvalue weighted by molar-refractivity contribution is 0.0950. The number of hydrogen-bond donors (Lipinski definition) is 4. The molecule has 4 heterocycles. The van der Waals surface area contributed by atoms with Crippen molar-refractivity contribution < 1.29 is 4.79 Å². The zero-order valence-electron chi connectivity index (χ0n) is 23.5. The summed E-state index contributed by atoms with van der Waals surface area (Å²) in [5.41, 5.74) is 4.49. The maximum atomic E-state index is 13.6. The fourth-order valence-electron chi connectivity index (χ4n) is 4.92. The van der Waals surface area contributed by atoms with Crippen molar-refractivity contribution in [2.45, 2.75) is 20.4 Å². The molecule has 1 aromatic carbocycles. The molecule has 10 heteroatoms. The van der Waals surface area contributed by atoms with Crippen LogP contribution in [0.5, 0.6) is 0 Å². The summed E-state index contributed by atoms with van der Waals surface area (Å²) in [5.74, 6) is 0.864. The molecular formula is C31H34N8O2. The number of carbonyl (C=O) groups is 1. The quantitative estimate of drug-likeness (QED) is 0.245. The summed E-state index contributed by atoms with van der Waals surface area (Å²) in [6.45, 7) is 7.51. The van der Waals surface area contributed by atoms with Crippen LogP contribution in [0, 0.1) is 19.3 Å².